The number of esters is 1. The van der Waals surface area contributed by atoms with Crippen LogP contribution in [0.1, 0.15) is 121 Å². The van der Waals surface area contributed by atoms with E-state index in [0.717, 1.165) is 11.5 Å². The summed E-state index contributed by atoms with van der Waals surface area (Å²) in [7, 11) is 0. The summed E-state index contributed by atoms with van der Waals surface area (Å²) in [5.74, 6) is -1.14. The molecular formula is C37H67N5O7. The van der Waals surface area contributed by atoms with Crippen LogP contribution in [-0.2, 0) is 35.3 Å². The summed E-state index contributed by atoms with van der Waals surface area (Å²) < 4.78 is 10.9. The van der Waals surface area contributed by atoms with E-state index in [0.29, 0.717) is 25.1 Å². The van der Waals surface area contributed by atoms with Crippen molar-refractivity contribution in [2.45, 2.75) is 139 Å². The number of amides is 5. The second-order valence-corrected chi connectivity index (χ2v) is 13.2. The van der Waals surface area contributed by atoms with E-state index in [1.54, 1.807) is 52.0 Å². The number of rotatable bonds is 19. The third-order valence-electron chi connectivity index (χ3n) is 7.25. The average Bonchev–Trinajstić information content (AvgIpc) is 3.04. The van der Waals surface area contributed by atoms with Crippen molar-refractivity contribution < 1.29 is 33.4 Å². The summed E-state index contributed by atoms with van der Waals surface area (Å²) in [5, 5.41) is 10.8. The van der Waals surface area contributed by atoms with Gasteiger partial charge in [0.05, 0.1) is 11.5 Å². The molecule has 0 aromatic heterocycles. The first kappa shape index (κ1) is 47.4. The number of benzene rings is 1. The fourth-order valence-electron chi connectivity index (χ4n) is 3.94. The number of primary amides is 1. The Bertz CT molecular complexity index is 1100. The molecule has 0 radical (unpaired) electrons. The van der Waals surface area contributed by atoms with Crippen molar-refractivity contribution in [2.24, 2.45) is 23.5 Å². The number of hydrogen-bond donors (Lipinski definition) is 5. The highest BCUT2D eigenvalue weighted by Crippen LogP contribution is 2.17. The molecule has 0 spiro atoms. The molecule has 0 aliphatic rings. The number of ether oxygens (including phenoxy) is 2. The third-order valence-corrected chi connectivity index (χ3v) is 7.25. The van der Waals surface area contributed by atoms with E-state index in [-0.39, 0.29) is 49.7 Å². The Morgan fingerprint density at radius 2 is 1.45 bits per heavy atom. The highest BCUT2D eigenvalue weighted by molar-refractivity contribution is 5.98. The van der Waals surface area contributed by atoms with Crippen molar-refractivity contribution in [3.05, 3.63) is 29.8 Å². The third kappa shape index (κ3) is 23.3. The molecule has 1 aromatic carbocycles. The molecule has 2 unspecified atom stereocenters. The molecule has 0 fully saturated rings. The van der Waals surface area contributed by atoms with Gasteiger partial charge in [-0.05, 0) is 69.6 Å². The summed E-state index contributed by atoms with van der Waals surface area (Å²) in [5.41, 5.74) is 5.90. The zero-order chi connectivity index (χ0) is 38.2. The van der Waals surface area contributed by atoms with Gasteiger partial charge in [-0.25, -0.2) is 4.79 Å². The minimum atomic E-state index is -0.950. The Morgan fingerprint density at radius 1 is 0.878 bits per heavy atom. The molecule has 0 aliphatic heterocycles. The number of urea groups is 1. The second-order valence-electron chi connectivity index (χ2n) is 13.2. The van der Waals surface area contributed by atoms with Crippen LogP contribution >= 0.6 is 0 Å². The van der Waals surface area contributed by atoms with Gasteiger partial charge in [0.1, 0.15) is 18.7 Å². The summed E-state index contributed by atoms with van der Waals surface area (Å²) >= 11 is 0. The van der Waals surface area contributed by atoms with Crippen LogP contribution in [0.4, 0.5) is 10.5 Å². The van der Waals surface area contributed by atoms with Crippen LogP contribution in [0, 0.1) is 17.8 Å². The van der Waals surface area contributed by atoms with Crippen LogP contribution in [-0.4, -0.2) is 60.6 Å². The maximum absolute atomic E-state index is 13.3. The molecule has 0 aliphatic carbocycles. The quantitative estimate of drug-likeness (QED) is 0.0862. The van der Waals surface area contributed by atoms with Crippen molar-refractivity contribution in [3.63, 3.8) is 0 Å². The van der Waals surface area contributed by atoms with Crippen LogP contribution in [0.25, 0.3) is 0 Å². The smallest absolute Gasteiger partial charge is 0.312 e. The minimum Gasteiger partial charge on any atom is -0.461 e. The molecule has 2 atom stereocenters. The molecule has 12 nitrogen and oxygen atoms in total. The molecule has 0 bridgehead atoms. The lowest BCUT2D eigenvalue weighted by molar-refractivity contribution is -0.148. The Morgan fingerprint density at radius 3 is 1.92 bits per heavy atom. The van der Waals surface area contributed by atoms with Gasteiger partial charge in [-0.15, -0.1) is 0 Å². The molecule has 1 rings (SSSR count). The number of anilines is 1. The fourth-order valence-corrected chi connectivity index (χ4v) is 3.94. The first-order valence-corrected chi connectivity index (χ1v) is 17.8. The molecule has 0 heterocycles. The van der Waals surface area contributed by atoms with Crippen LogP contribution < -0.4 is 27.0 Å². The molecule has 1 aromatic rings. The zero-order valence-corrected chi connectivity index (χ0v) is 32.3. The van der Waals surface area contributed by atoms with Gasteiger partial charge < -0.3 is 36.5 Å². The van der Waals surface area contributed by atoms with Gasteiger partial charge in [-0.2, -0.15) is 0 Å². The highest BCUT2D eigenvalue weighted by Gasteiger charge is 2.29. The predicted octanol–water partition coefficient (Wildman–Crippen LogP) is 6.07. The van der Waals surface area contributed by atoms with Gasteiger partial charge >= 0.3 is 12.0 Å². The van der Waals surface area contributed by atoms with Crippen LogP contribution in [0.5, 0.6) is 0 Å². The first-order valence-electron chi connectivity index (χ1n) is 17.8. The second kappa shape index (κ2) is 26.2. The van der Waals surface area contributed by atoms with Crippen LogP contribution in [0.3, 0.4) is 0 Å². The van der Waals surface area contributed by atoms with Crippen molar-refractivity contribution in [3.8, 4) is 0 Å². The highest BCUT2D eigenvalue weighted by atomic mass is 16.5. The van der Waals surface area contributed by atoms with Gasteiger partial charge in [0, 0.05) is 25.3 Å². The molecule has 282 valence electrons. The normalized spacial score (nSPS) is 12.1. The van der Waals surface area contributed by atoms with Gasteiger partial charge in [0.15, 0.2) is 0 Å². The Labute approximate surface area is 295 Å². The average molecular weight is 694 g/mol. The number of hydrogen-bond acceptors (Lipinski definition) is 7. The van der Waals surface area contributed by atoms with Gasteiger partial charge in [0.2, 0.25) is 17.7 Å². The number of carbonyl (C=O) groups excluding carboxylic acids is 5. The predicted molar refractivity (Wildman–Crippen MR) is 197 cm³/mol. The van der Waals surface area contributed by atoms with E-state index in [2.05, 4.69) is 42.0 Å². The fraction of sp³-hybridized carbons (Fsp3) is 0.703. The SMILES string of the molecule is CC.CCC(C)C.CCOC(C)(C)CCC(=O)NC(C(=O)NC(CCCNC(N)=O)C(=O)Nc1ccc(COC(=O)C(C)C)cc1)C(C)C. The van der Waals surface area contributed by atoms with Gasteiger partial charge in [0.25, 0.3) is 0 Å². The number of nitrogens with two attached hydrogens (primary N) is 1. The van der Waals surface area contributed by atoms with E-state index in [1.165, 1.54) is 6.42 Å². The van der Waals surface area contributed by atoms with Crippen molar-refractivity contribution in [1.82, 2.24) is 16.0 Å². The molecule has 6 N–H and O–H groups in total. The summed E-state index contributed by atoms with van der Waals surface area (Å²) in [6.07, 6.45) is 2.55. The van der Waals surface area contributed by atoms with E-state index < -0.39 is 35.5 Å². The maximum Gasteiger partial charge on any atom is 0.312 e. The molecule has 12 heteroatoms. The van der Waals surface area contributed by atoms with Crippen molar-refractivity contribution in [1.29, 1.82) is 0 Å². The standard InChI is InChI=1S/C30H49N5O7.C5H12.C2H6/c1-8-42-30(6,7)16-15-24(36)35-25(19(2)3)27(38)34-23(10-9-17-32-29(31)40)26(37)33-22-13-11-21(12-14-22)18-41-28(39)20(4)5;1-4-5(2)3;1-2/h11-14,19-20,23,25H,8-10,15-18H2,1-7H3,(H,33,37)(H,34,38)(H,35,36)(H3,31,32,40);5H,4H2,1-3H3;1-2H3. The van der Waals surface area contributed by atoms with Gasteiger partial charge in [-0.3, -0.25) is 19.2 Å². The topological polar surface area (TPSA) is 178 Å². The van der Waals surface area contributed by atoms with E-state index in [1.807, 2.05) is 34.6 Å². The largest absolute Gasteiger partial charge is 0.461 e. The summed E-state index contributed by atoms with van der Waals surface area (Å²) in [6, 6.07) is 4.30. The Balaban J connectivity index is 0. The zero-order valence-electron chi connectivity index (χ0n) is 32.3. The monoisotopic (exact) mass is 694 g/mol. The minimum absolute atomic E-state index is 0.113. The van der Waals surface area contributed by atoms with Crippen LogP contribution in [0.15, 0.2) is 24.3 Å². The number of carbonyl (C=O) groups is 5. The first-order chi connectivity index (χ1) is 22.9. The Hall–Kier alpha value is -3.67. The lowest BCUT2D eigenvalue weighted by Crippen LogP contribution is -2.54. The van der Waals surface area contributed by atoms with E-state index in [4.69, 9.17) is 15.2 Å². The van der Waals surface area contributed by atoms with Gasteiger partial charge in [-0.1, -0.05) is 80.9 Å². The van der Waals surface area contributed by atoms with E-state index in [9.17, 15) is 24.0 Å². The lowest BCUT2D eigenvalue weighted by Gasteiger charge is -2.27. The van der Waals surface area contributed by atoms with E-state index >= 15 is 0 Å². The van der Waals surface area contributed by atoms with Crippen LogP contribution in [0.2, 0.25) is 0 Å². The molecule has 0 saturated heterocycles. The molecule has 0 saturated carbocycles. The maximum atomic E-state index is 13.3. The molecule has 5 amide bonds. The number of nitrogens with one attached hydrogen (secondary N) is 4. The summed E-state index contributed by atoms with van der Waals surface area (Å²) in [4.78, 5) is 62.0. The Kier molecular flexibility index (Phi) is 25.4. The van der Waals surface area contributed by atoms with Crippen molar-refractivity contribution >= 4 is 35.4 Å². The summed E-state index contributed by atoms with van der Waals surface area (Å²) in [6.45, 7) is 24.3. The molecular weight excluding hydrogens is 626 g/mol. The lowest BCUT2D eigenvalue weighted by atomic mass is 9.99. The molecule has 49 heavy (non-hydrogen) atoms. The van der Waals surface area contributed by atoms with Crippen molar-refractivity contribution in [2.75, 3.05) is 18.5 Å².